The van der Waals surface area contributed by atoms with Crippen molar-refractivity contribution < 1.29 is 23.9 Å². The van der Waals surface area contributed by atoms with Crippen molar-refractivity contribution in [3.63, 3.8) is 0 Å². The molecular formula is C18H26N2O5. The number of hydrogen-bond acceptors (Lipinski definition) is 5. The van der Waals surface area contributed by atoms with Crippen LogP contribution >= 0.6 is 0 Å². The van der Waals surface area contributed by atoms with E-state index < -0.39 is 24.5 Å². The predicted octanol–water partition coefficient (Wildman–Crippen LogP) is 1.26. The van der Waals surface area contributed by atoms with Gasteiger partial charge in [-0.15, -0.1) is 0 Å². The van der Waals surface area contributed by atoms with E-state index in [9.17, 15) is 14.4 Å². The number of carbonyl (C=O) groups excluding carboxylic acids is 3. The molecule has 25 heavy (non-hydrogen) atoms. The van der Waals surface area contributed by atoms with Crippen LogP contribution in [0.15, 0.2) is 18.2 Å². The second kappa shape index (κ2) is 10.3. The number of ether oxygens (including phenoxy) is 2. The fourth-order valence-electron chi connectivity index (χ4n) is 2.04. The summed E-state index contributed by atoms with van der Waals surface area (Å²) in [5.74, 6) is -0.884. The summed E-state index contributed by atoms with van der Waals surface area (Å²) in [7, 11) is 0. The second-order valence-corrected chi connectivity index (χ2v) is 5.80. The molecule has 0 saturated carbocycles. The first kappa shape index (κ1) is 20.5. The van der Waals surface area contributed by atoms with Crippen molar-refractivity contribution in [3.8, 4) is 5.75 Å². The van der Waals surface area contributed by atoms with Crippen LogP contribution < -0.4 is 15.4 Å². The molecule has 2 amide bonds. The number of aryl methyl sites for hydroxylation is 2. The first-order valence-corrected chi connectivity index (χ1v) is 8.26. The largest absolute Gasteiger partial charge is 0.482 e. The minimum atomic E-state index is -0.691. The van der Waals surface area contributed by atoms with Gasteiger partial charge in [0.2, 0.25) is 5.91 Å². The summed E-state index contributed by atoms with van der Waals surface area (Å²) < 4.78 is 10.2. The molecule has 0 radical (unpaired) electrons. The van der Waals surface area contributed by atoms with Gasteiger partial charge < -0.3 is 20.1 Å². The third-order valence-corrected chi connectivity index (χ3v) is 3.36. The van der Waals surface area contributed by atoms with Gasteiger partial charge in [0.15, 0.2) is 13.2 Å². The zero-order valence-corrected chi connectivity index (χ0v) is 15.2. The SMILES string of the molecule is CCCNC(=O)[C@H](C)NC(=O)COC(=O)COc1ccc(C)cc1C. The minimum absolute atomic E-state index is 0.278. The molecule has 7 heteroatoms. The molecule has 1 aromatic rings. The zero-order valence-electron chi connectivity index (χ0n) is 15.2. The van der Waals surface area contributed by atoms with Crippen molar-refractivity contribution >= 4 is 17.8 Å². The minimum Gasteiger partial charge on any atom is -0.482 e. The van der Waals surface area contributed by atoms with Gasteiger partial charge in [0.1, 0.15) is 11.8 Å². The lowest BCUT2D eigenvalue weighted by Gasteiger charge is -2.14. The second-order valence-electron chi connectivity index (χ2n) is 5.80. The van der Waals surface area contributed by atoms with Crippen molar-refractivity contribution in [1.82, 2.24) is 10.6 Å². The Balaban J connectivity index is 2.31. The number of amides is 2. The molecule has 0 fully saturated rings. The van der Waals surface area contributed by atoms with E-state index >= 15 is 0 Å². The van der Waals surface area contributed by atoms with Gasteiger partial charge in [0, 0.05) is 6.54 Å². The Hall–Kier alpha value is -2.57. The van der Waals surface area contributed by atoms with Crippen LogP contribution in [-0.2, 0) is 19.1 Å². The van der Waals surface area contributed by atoms with Gasteiger partial charge in [-0.1, -0.05) is 24.6 Å². The summed E-state index contributed by atoms with van der Waals surface area (Å²) in [6.07, 6.45) is 0.810. The quantitative estimate of drug-likeness (QED) is 0.654. The molecule has 0 aliphatic rings. The molecule has 1 rings (SSSR count). The van der Waals surface area contributed by atoms with Gasteiger partial charge in [-0.3, -0.25) is 9.59 Å². The number of carbonyl (C=O) groups is 3. The first-order chi connectivity index (χ1) is 11.8. The number of nitrogens with one attached hydrogen (secondary N) is 2. The fraction of sp³-hybridized carbons (Fsp3) is 0.500. The maximum Gasteiger partial charge on any atom is 0.344 e. The lowest BCUT2D eigenvalue weighted by Crippen LogP contribution is -2.46. The van der Waals surface area contributed by atoms with Gasteiger partial charge in [0.05, 0.1) is 0 Å². The zero-order chi connectivity index (χ0) is 18.8. The molecule has 0 aliphatic carbocycles. The summed E-state index contributed by atoms with van der Waals surface area (Å²) >= 11 is 0. The van der Waals surface area contributed by atoms with E-state index in [2.05, 4.69) is 10.6 Å². The third-order valence-electron chi connectivity index (χ3n) is 3.36. The Bertz CT molecular complexity index is 615. The molecule has 0 spiro atoms. The Morgan fingerprint density at radius 2 is 1.88 bits per heavy atom. The van der Waals surface area contributed by atoms with Crippen LogP contribution in [0, 0.1) is 13.8 Å². The number of esters is 1. The van der Waals surface area contributed by atoms with E-state index in [1.54, 1.807) is 13.0 Å². The van der Waals surface area contributed by atoms with Gasteiger partial charge >= 0.3 is 5.97 Å². The molecule has 0 bridgehead atoms. The summed E-state index contributed by atoms with van der Waals surface area (Å²) in [5, 5.41) is 5.13. The van der Waals surface area contributed by atoms with E-state index in [1.807, 2.05) is 32.9 Å². The van der Waals surface area contributed by atoms with Crippen LogP contribution in [0.2, 0.25) is 0 Å². The average Bonchev–Trinajstić information content (AvgIpc) is 2.56. The fourth-order valence-corrected chi connectivity index (χ4v) is 2.04. The number of benzene rings is 1. The normalized spacial score (nSPS) is 11.4. The molecule has 0 aliphatic heterocycles. The van der Waals surface area contributed by atoms with Crippen LogP contribution in [0.25, 0.3) is 0 Å². The lowest BCUT2D eigenvalue weighted by atomic mass is 10.1. The van der Waals surface area contributed by atoms with Crippen molar-refractivity contribution in [3.05, 3.63) is 29.3 Å². The van der Waals surface area contributed by atoms with Crippen LogP contribution in [0.3, 0.4) is 0 Å². The van der Waals surface area contributed by atoms with Gasteiger partial charge in [-0.25, -0.2) is 4.79 Å². The van der Waals surface area contributed by atoms with E-state index in [-0.39, 0.29) is 12.5 Å². The van der Waals surface area contributed by atoms with Crippen molar-refractivity contribution in [2.75, 3.05) is 19.8 Å². The topological polar surface area (TPSA) is 93.7 Å². The lowest BCUT2D eigenvalue weighted by molar-refractivity contribution is -0.150. The summed E-state index contributed by atoms with van der Waals surface area (Å²) in [6, 6.07) is 4.91. The highest BCUT2D eigenvalue weighted by atomic mass is 16.6. The van der Waals surface area contributed by atoms with Crippen molar-refractivity contribution in [1.29, 1.82) is 0 Å². The molecule has 0 aromatic heterocycles. The van der Waals surface area contributed by atoms with Crippen LogP contribution in [-0.4, -0.2) is 43.6 Å². The highest BCUT2D eigenvalue weighted by molar-refractivity contribution is 5.88. The smallest absolute Gasteiger partial charge is 0.344 e. The molecule has 1 atom stereocenters. The highest BCUT2D eigenvalue weighted by Crippen LogP contribution is 2.18. The molecular weight excluding hydrogens is 324 g/mol. The Morgan fingerprint density at radius 3 is 2.52 bits per heavy atom. The van der Waals surface area contributed by atoms with Crippen LogP contribution in [0.4, 0.5) is 0 Å². The molecule has 7 nitrogen and oxygen atoms in total. The Kier molecular flexibility index (Phi) is 8.46. The summed E-state index contributed by atoms with van der Waals surface area (Å²) in [4.78, 5) is 35.0. The maximum atomic E-state index is 11.7. The van der Waals surface area contributed by atoms with Crippen molar-refractivity contribution in [2.24, 2.45) is 0 Å². The molecule has 0 saturated heterocycles. The summed E-state index contributed by atoms with van der Waals surface area (Å²) in [5.41, 5.74) is 2.01. The van der Waals surface area contributed by atoms with Gasteiger partial charge in [-0.05, 0) is 38.8 Å². The molecule has 1 aromatic carbocycles. The van der Waals surface area contributed by atoms with E-state index in [0.29, 0.717) is 12.3 Å². The maximum absolute atomic E-state index is 11.7. The standard InChI is InChI=1S/C18H26N2O5/c1-5-8-19-18(23)14(4)20-16(21)10-25-17(22)11-24-15-7-6-12(2)9-13(15)3/h6-7,9,14H,5,8,10-11H2,1-4H3,(H,19,23)(H,20,21)/t14-/m0/s1. The monoisotopic (exact) mass is 350 g/mol. The van der Waals surface area contributed by atoms with Gasteiger partial charge in [0.25, 0.3) is 5.91 Å². The molecule has 2 N–H and O–H groups in total. The molecule has 138 valence electrons. The highest BCUT2D eigenvalue weighted by Gasteiger charge is 2.16. The third kappa shape index (κ3) is 7.69. The van der Waals surface area contributed by atoms with E-state index in [4.69, 9.17) is 9.47 Å². The Morgan fingerprint density at radius 1 is 1.16 bits per heavy atom. The predicted molar refractivity (Wildman–Crippen MR) is 93.3 cm³/mol. The average molecular weight is 350 g/mol. The van der Waals surface area contributed by atoms with E-state index in [1.165, 1.54) is 0 Å². The van der Waals surface area contributed by atoms with Crippen LogP contribution in [0.1, 0.15) is 31.4 Å². The van der Waals surface area contributed by atoms with Crippen LogP contribution in [0.5, 0.6) is 5.75 Å². The molecule has 0 unspecified atom stereocenters. The Labute approximate surface area is 148 Å². The number of hydrogen-bond donors (Lipinski definition) is 2. The van der Waals surface area contributed by atoms with E-state index in [0.717, 1.165) is 17.5 Å². The number of rotatable bonds is 9. The summed E-state index contributed by atoms with van der Waals surface area (Å²) in [6.45, 7) is 7.14. The molecule has 0 heterocycles. The van der Waals surface area contributed by atoms with Gasteiger partial charge in [-0.2, -0.15) is 0 Å². The first-order valence-electron chi connectivity index (χ1n) is 8.26. The van der Waals surface area contributed by atoms with Crippen molar-refractivity contribution in [2.45, 2.75) is 40.2 Å².